The van der Waals surface area contributed by atoms with Crippen molar-refractivity contribution in [2.75, 3.05) is 26.3 Å². The Labute approximate surface area is 152 Å². The van der Waals surface area contributed by atoms with E-state index < -0.39 is 5.92 Å². The summed E-state index contributed by atoms with van der Waals surface area (Å²) >= 11 is 0. The average Bonchev–Trinajstić information content (AvgIpc) is 2.68. The smallest absolute Gasteiger partial charge is 0.161 e. The van der Waals surface area contributed by atoms with E-state index in [2.05, 4.69) is 16.1 Å². The Morgan fingerprint density at radius 3 is 2.81 bits per heavy atom. The zero-order valence-corrected chi connectivity index (χ0v) is 14.5. The van der Waals surface area contributed by atoms with E-state index >= 15 is 0 Å². The monoisotopic (exact) mass is 351 g/mol. The van der Waals surface area contributed by atoms with E-state index in [1.165, 1.54) is 0 Å². The van der Waals surface area contributed by atoms with Gasteiger partial charge in [0.1, 0.15) is 5.82 Å². The van der Waals surface area contributed by atoms with Crippen LogP contribution < -0.4 is 5.73 Å². The Morgan fingerprint density at radius 1 is 1.31 bits per heavy atom. The summed E-state index contributed by atoms with van der Waals surface area (Å²) in [6, 6.07) is 5.99. The van der Waals surface area contributed by atoms with Crippen LogP contribution in [0.2, 0.25) is 0 Å². The van der Waals surface area contributed by atoms with Gasteiger partial charge in [0.25, 0.3) is 0 Å². The first kappa shape index (κ1) is 16.8. The minimum atomic E-state index is -0.436. The molecule has 0 radical (unpaired) electrons. The zero-order valence-electron chi connectivity index (χ0n) is 14.5. The topological polar surface area (TPSA) is 95.5 Å². The number of nitrogens with two attached hydrogens (primary N) is 1. The highest BCUT2D eigenvalue weighted by atomic mass is 16.5. The molecule has 1 aromatic rings. The van der Waals surface area contributed by atoms with Crippen LogP contribution >= 0.6 is 0 Å². The van der Waals surface area contributed by atoms with Gasteiger partial charge >= 0.3 is 0 Å². The van der Waals surface area contributed by atoms with Gasteiger partial charge in [-0.15, -0.1) is 0 Å². The molecule has 2 N–H and O–H groups in total. The molecule has 1 aromatic heterocycles. The van der Waals surface area contributed by atoms with E-state index in [-0.39, 0.29) is 5.78 Å². The normalized spacial score (nSPS) is 24.5. The van der Waals surface area contributed by atoms with Crippen molar-refractivity contribution in [2.24, 2.45) is 5.73 Å². The van der Waals surface area contributed by atoms with Gasteiger partial charge in [0, 0.05) is 43.2 Å². The second kappa shape index (κ2) is 6.90. The third-order valence-corrected chi connectivity index (χ3v) is 5.17. The van der Waals surface area contributed by atoms with Crippen molar-refractivity contribution >= 4 is 5.78 Å². The molecule has 0 spiro atoms. The van der Waals surface area contributed by atoms with Crippen LogP contribution in [-0.4, -0.2) is 47.1 Å². The number of hydrogen-bond acceptors (Lipinski definition) is 7. The van der Waals surface area contributed by atoms with Crippen LogP contribution in [-0.2, 0) is 9.53 Å². The molecule has 7 heteroatoms. The lowest BCUT2D eigenvalue weighted by atomic mass is 9.76. The van der Waals surface area contributed by atoms with E-state index in [0.717, 1.165) is 24.1 Å². The number of rotatable bonds is 2. The molecule has 2 aliphatic heterocycles. The number of hydrogen-bond donors (Lipinski definition) is 1. The van der Waals surface area contributed by atoms with Gasteiger partial charge < -0.3 is 10.5 Å². The van der Waals surface area contributed by atoms with Crippen molar-refractivity contribution in [1.29, 1.82) is 5.26 Å². The van der Waals surface area contributed by atoms with Crippen LogP contribution in [0.1, 0.15) is 30.7 Å². The Bertz CT molecular complexity index is 818. The lowest BCUT2D eigenvalue weighted by molar-refractivity contribution is -0.117. The van der Waals surface area contributed by atoms with Crippen molar-refractivity contribution in [3.8, 4) is 6.07 Å². The molecular weight excluding hydrogens is 330 g/mol. The summed E-state index contributed by atoms with van der Waals surface area (Å²) in [6.45, 7) is 2.58. The molecule has 0 aromatic carbocycles. The van der Waals surface area contributed by atoms with E-state index in [0.29, 0.717) is 49.7 Å². The predicted molar refractivity (Wildman–Crippen MR) is 93.9 cm³/mol. The molecular formula is C19H21N5O2. The molecule has 134 valence electrons. The lowest BCUT2D eigenvalue weighted by Gasteiger charge is -2.45. The van der Waals surface area contributed by atoms with E-state index in [4.69, 9.17) is 10.5 Å². The minimum absolute atomic E-state index is 0.0959. The van der Waals surface area contributed by atoms with Gasteiger partial charge in [0.05, 0.1) is 30.8 Å². The van der Waals surface area contributed by atoms with Crippen LogP contribution in [0.4, 0.5) is 0 Å². The molecule has 0 unspecified atom stereocenters. The van der Waals surface area contributed by atoms with E-state index in [1.807, 2.05) is 17.1 Å². The van der Waals surface area contributed by atoms with Crippen LogP contribution in [0.5, 0.6) is 0 Å². The van der Waals surface area contributed by atoms with Crippen molar-refractivity contribution in [3.05, 3.63) is 52.8 Å². The molecule has 3 aliphatic rings. The van der Waals surface area contributed by atoms with Crippen molar-refractivity contribution in [3.63, 3.8) is 0 Å². The molecule has 1 saturated heterocycles. The summed E-state index contributed by atoms with van der Waals surface area (Å²) in [5, 5.41) is 13.9. The number of pyridine rings is 1. The summed E-state index contributed by atoms with van der Waals surface area (Å²) in [5.41, 5.74) is 9.35. The van der Waals surface area contributed by atoms with Gasteiger partial charge in [-0.05, 0) is 24.5 Å². The standard InChI is InChI=1S/C19H21N5O2/c20-11-14-17(13-3-2-6-22-12-13)18-15(4-1-5-16(18)25)24(19(14)21)23-7-9-26-10-8-23/h2-3,6,12,17H,1,4-5,7-10,21H2/t17-/m0/s1. The molecule has 3 heterocycles. The maximum absolute atomic E-state index is 12.9. The quantitative estimate of drug-likeness (QED) is 0.861. The van der Waals surface area contributed by atoms with Crippen LogP contribution in [0.3, 0.4) is 0 Å². The number of carbonyl (C=O) groups excluding carboxylic acids is 1. The maximum Gasteiger partial charge on any atom is 0.161 e. The van der Waals surface area contributed by atoms with Crippen molar-refractivity contribution in [1.82, 2.24) is 15.0 Å². The summed E-state index contributed by atoms with van der Waals surface area (Å²) in [6.07, 6.45) is 5.48. The van der Waals surface area contributed by atoms with Gasteiger partial charge in [-0.25, -0.2) is 5.01 Å². The fraction of sp³-hybridized carbons (Fsp3) is 0.421. The first-order chi connectivity index (χ1) is 12.7. The molecule has 0 bridgehead atoms. The van der Waals surface area contributed by atoms with Crippen LogP contribution in [0.15, 0.2) is 47.2 Å². The van der Waals surface area contributed by atoms with Gasteiger partial charge in [0.2, 0.25) is 0 Å². The fourth-order valence-corrected chi connectivity index (χ4v) is 4.02. The third kappa shape index (κ3) is 2.68. The van der Waals surface area contributed by atoms with Crippen LogP contribution in [0, 0.1) is 11.3 Å². The van der Waals surface area contributed by atoms with Crippen LogP contribution in [0.25, 0.3) is 0 Å². The van der Waals surface area contributed by atoms with Gasteiger partial charge in [0.15, 0.2) is 5.78 Å². The maximum atomic E-state index is 12.9. The molecule has 7 nitrogen and oxygen atoms in total. The predicted octanol–water partition coefficient (Wildman–Crippen LogP) is 1.43. The number of aromatic nitrogens is 1. The number of ketones is 1. The first-order valence-electron chi connectivity index (χ1n) is 8.91. The summed E-state index contributed by atoms with van der Waals surface area (Å²) in [7, 11) is 0. The van der Waals surface area contributed by atoms with E-state index in [9.17, 15) is 10.1 Å². The largest absolute Gasteiger partial charge is 0.383 e. The second-order valence-corrected chi connectivity index (χ2v) is 6.65. The first-order valence-corrected chi connectivity index (χ1v) is 8.91. The molecule has 1 aliphatic carbocycles. The SMILES string of the molecule is N#CC1=C(N)N(N2CCOCC2)C2=C(C(=O)CCC2)[C@H]1c1cccnc1. The highest BCUT2D eigenvalue weighted by molar-refractivity contribution is 5.99. The number of morpholine rings is 1. The Hall–Kier alpha value is -2.69. The number of Topliss-reactive ketones (excluding diaryl/α,β-unsaturated/α-hetero) is 1. The van der Waals surface area contributed by atoms with Gasteiger partial charge in [-0.1, -0.05) is 6.07 Å². The molecule has 0 amide bonds. The zero-order chi connectivity index (χ0) is 18.1. The van der Waals surface area contributed by atoms with Gasteiger partial charge in [-0.2, -0.15) is 5.26 Å². The summed E-state index contributed by atoms with van der Waals surface area (Å²) in [5.74, 6) is 0.0732. The number of nitrogens with zero attached hydrogens (tertiary/aromatic N) is 4. The van der Waals surface area contributed by atoms with E-state index in [1.54, 1.807) is 12.4 Å². The molecule has 0 saturated carbocycles. The highest BCUT2D eigenvalue weighted by Gasteiger charge is 2.41. The summed E-state index contributed by atoms with van der Waals surface area (Å²) < 4.78 is 5.45. The molecule has 26 heavy (non-hydrogen) atoms. The number of nitriles is 1. The number of hydrazine groups is 1. The summed E-state index contributed by atoms with van der Waals surface area (Å²) in [4.78, 5) is 17.1. The average molecular weight is 351 g/mol. The number of carbonyl (C=O) groups is 1. The number of allylic oxidation sites excluding steroid dienone is 3. The Morgan fingerprint density at radius 2 is 2.12 bits per heavy atom. The van der Waals surface area contributed by atoms with Gasteiger partial charge in [-0.3, -0.25) is 14.8 Å². The van der Waals surface area contributed by atoms with Crippen molar-refractivity contribution < 1.29 is 9.53 Å². The highest BCUT2D eigenvalue weighted by Crippen LogP contribution is 2.45. The molecule has 4 rings (SSSR count). The fourth-order valence-electron chi connectivity index (χ4n) is 4.02. The molecule has 1 fully saturated rings. The minimum Gasteiger partial charge on any atom is -0.383 e. The van der Waals surface area contributed by atoms with Crippen molar-refractivity contribution in [2.45, 2.75) is 25.2 Å². The Balaban J connectivity index is 1.88. The Kier molecular flexibility index (Phi) is 4.45. The third-order valence-electron chi connectivity index (χ3n) is 5.17. The number of ether oxygens (including phenoxy) is 1. The second-order valence-electron chi connectivity index (χ2n) is 6.65. The molecule has 1 atom stereocenters. The lowest BCUT2D eigenvalue weighted by Crippen LogP contribution is -2.52.